The molecule has 2 heterocycles. The Bertz CT molecular complexity index is 542. The number of fused-ring (bicyclic) bond motifs is 2. The number of halogens is 1. The lowest BCUT2D eigenvalue weighted by Gasteiger charge is -2.30. The summed E-state index contributed by atoms with van der Waals surface area (Å²) in [6.07, 6.45) is 2.82. The average Bonchev–Trinajstić information content (AvgIpc) is 2.90. The highest BCUT2D eigenvalue weighted by molar-refractivity contribution is 5.23. The van der Waals surface area contributed by atoms with Crippen molar-refractivity contribution in [1.82, 2.24) is 0 Å². The standard InChI is InChI=1S/C17H21FO2/c1-12(2)17-9-8-16(3,20-17)15(10-17)19-11-13-6-4-5-7-14(13)18/h4-7,15H,1,8-11H2,2-3H3. The second-order valence-electron chi connectivity index (χ2n) is 6.28. The summed E-state index contributed by atoms with van der Waals surface area (Å²) in [4.78, 5) is 0. The molecule has 2 aliphatic heterocycles. The van der Waals surface area contributed by atoms with Gasteiger partial charge >= 0.3 is 0 Å². The molecule has 3 unspecified atom stereocenters. The van der Waals surface area contributed by atoms with Crippen LogP contribution in [0.5, 0.6) is 0 Å². The van der Waals surface area contributed by atoms with Crippen LogP contribution in [0.3, 0.4) is 0 Å². The fraction of sp³-hybridized carbons (Fsp3) is 0.529. The highest BCUT2D eigenvalue weighted by Crippen LogP contribution is 2.54. The van der Waals surface area contributed by atoms with Gasteiger partial charge in [-0.15, -0.1) is 0 Å². The van der Waals surface area contributed by atoms with Crippen molar-refractivity contribution in [3.63, 3.8) is 0 Å². The molecule has 3 rings (SSSR count). The van der Waals surface area contributed by atoms with Crippen LogP contribution in [0.1, 0.15) is 38.7 Å². The van der Waals surface area contributed by atoms with Crippen LogP contribution in [0.15, 0.2) is 36.4 Å². The van der Waals surface area contributed by atoms with Crippen LogP contribution >= 0.6 is 0 Å². The number of hydrogen-bond donors (Lipinski definition) is 0. The molecule has 0 spiro atoms. The van der Waals surface area contributed by atoms with Gasteiger partial charge < -0.3 is 9.47 Å². The fourth-order valence-corrected chi connectivity index (χ4v) is 3.40. The minimum Gasteiger partial charge on any atom is -0.370 e. The molecule has 0 radical (unpaired) electrons. The fourth-order valence-electron chi connectivity index (χ4n) is 3.40. The summed E-state index contributed by atoms with van der Waals surface area (Å²) in [5.74, 6) is -0.212. The second-order valence-corrected chi connectivity index (χ2v) is 6.28. The Morgan fingerprint density at radius 2 is 2.20 bits per heavy atom. The molecule has 2 nitrogen and oxygen atoms in total. The molecular formula is C17H21FO2. The Labute approximate surface area is 119 Å². The molecule has 20 heavy (non-hydrogen) atoms. The van der Waals surface area contributed by atoms with Crippen LogP contribution in [-0.2, 0) is 16.1 Å². The van der Waals surface area contributed by atoms with Crippen molar-refractivity contribution in [2.45, 2.75) is 57.0 Å². The quantitative estimate of drug-likeness (QED) is 0.774. The van der Waals surface area contributed by atoms with Gasteiger partial charge in [0.05, 0.1) is 23.9 Å². The first-order valence-corrected chi connectivity index (χ1v) is 7.16. The lowest BCUT2D eigenvalue weighted by molar-refractivity contribution is -0.0800. The maximum Gasteiger partial charge on any atom is 0.128 e. The van der Waals surface area contributed by atoms with E-state index in [1.165, 1.54) is 6.07 Å². The van der Waals surface area contributed by atoms with Gasteiger partial charge in [-0.25, -0.2) is 4.39 Å². The summed E-state index contributed by atoms with van der Waals surface area (Å²) >= 11 is 0. The maximum atomic E-state index is 13.6. The third-order valence-corrected chi connectivity index (χ3v) is 4.83. The number of ether oxygens (including phenoxy) is 2. The van der Waals surface area contributed by atoms with Crippen LogP contribution in [0.25, 0.3) is 0 Å². The molecule has 2 aliphatic rings. The van der Waals surface area contributed by atoms with E-state index in [4.69, 9.17) is 9.47 Å². The van der Waals surface area contributed by atoms with E-state index < -0.39 is 0 Å². The van der Waals surface area contributed by atoms with Crippen molar-refractivity contribution in [3.05, 3.63) is 47.8 Å². The van der Waals surface area contributed by atoms with E-state index in [0.29, 0.717) is 12.2 Å². The minimum absolute atomic E-state index is 0.00700. The first-order chi connectivity index (χ1) is 9.45. The van der Waals surface area contributed by atoms with Crippen molar-refractivity contribution in [1.29, 1.82) is 0 Å². The Hall–Kier alpha value is -1.19. The lowest BCUT2D eigenvalue weighted by Crippen LogP contribution is -2.37. The molecule has 2 saturated heterocycles. The third-order valence-electron chi connectivity index (χ3n) is 4.83. The van der Waals surface area contributed by atoms with Crippen LogP contribution in [0.4, 0.5) is 4.39 Å². The molecule has 3 atom stereocenters. The highest BCUT2D eigenvalue weighted by atomic mass is 19.1. The van der Waals surface area contributed by atoms with Crippen molar-refractivity contribution in [3.8, 4) is 0 Å². The van der Waals surface area contributed by atoms with Gasteiger partial charge in [-0.2, -0.15) is 0 Å². The summed E-state index contributed by atoms with van der Waals surface area (Å²) in [6, 6.07) is 6.75. The molecule has 2 bridgehead atoms. The van der Waals surface area contributed by atoms with Gasteiger partial charge in [-0.3, -0.25) is 0 Å². The van der Waals surface area contributed by atoms with Crippen molar-refractivity contribution >= 4 is 0 Å². The van der Waals surface area contributed by atoms with Crippen LogP contribution in [-0.4, -0.2) is 17.3 Å². The second kappa shape index (κ2) is 4.68. The highest BCUT2D eigenvalue weighted by Gasteiger charge is 2.59. The summed E-state index contributed by atoms with van der Waals surface area (Å²) in [5.41, 5.74) is 1.18. The normalized spacial score (nSPS) is 35.5. The Morgan fingerprint density at radius 1 is 1.45 bits per heavy atom. The lowest BCUT2D eigenvalue weighted by atomic mass is 9.78. The Kier molecular flexibility index (Phi) is 3.22. The Morgan fingerprint density at radius 3 is 2.85 bits per heavy atom. The number of hydrogen-bond acceptors (Lipinski definition) is 2. The van der Waals surface area contributed by atoms with Gasteiger partial charge in [0, 0.05) is 12.0 Å². The van der Waals surface area contributed by atoms with E-state index in [9.17, 15) is 4.39 Å². The van der Waals surface area contributed by atoms with E-state index in [-0.39, 0.29) is 23.1 Å². The van der Waals surface area contributed by atoms with Gasteiger partial charge in [-0.05, 0) is 38.3 Å². The predicted molar refractivity (Wildman–Crippen MR) is 75.9 cm³/mol. The van der Waals surface area contributed by atoms with Crippen LogP contribution < -0.4 is 0 Å². The number of benzene rings is 1. The SMILES string of the molecule is C=C(C)C12CCC(C)(O1)C(OCc1ccccc1F)C2. The summed E-state index contributed by atoms with van der Waals surface area (Å²) < 4.78 is 25.8. The molecule has 108 valence electrons. The molecule has 0 amide bonds. The predicted octanol–water partition coefficient (Wildman–Crippen LogP) is 4.00. The molecule has 1 aromatic carbocycles. The van der Waals surface area contributed by atoms with Gasteiger partial charge in [0.15, 0.2) is 0 Å². The van der Waals surface area contributed by atoms with Gasteiger partial charge in [0.2, 0.25) is 0 Å². The smallest absolute Gasteiger partial charge is 0.128 e. The first-order valence-electron chi connectivity index (χ1n) is 7.16. The zero-order valence-corrected chi connectivity index (χ0v) is 12.1. The van der Waals surface area contributed by atoms with Crippen molar-refractivity contribution < 1.29 is 13.9 Å². The average molecular weight is 276 g/mol. The maximum absolute atomic E-state index is 13.6. The summed E-state index contributed by atoms with van der Waals surface area (Å²) in [6.45, 7) is 8.47. The molecule has 0 aromatic heterocycles. The zero-order chi connectivity index (χ0) is 14.4. The molecule has 2 fully saturated rings. The first kappa shape index (κ1) is 13.8. The van der Waals surface area contributed by atoms with Crippen LogP contribution in [0, 0.1) is 5.82 Å². The van der Waals surface area contributed by atoms with Gasteiger partial charge in [0.1, 0.15) is 5.82 Å². The van der Waals surface area contributed by atoms with E-state index >= 15 is 0 Å². The van der Waals surface area contributed by atoms with E-state index in [2.05, 4.69) is 13.5 Å². The molecule has 0 saturated carbocycles. The summed E-state index contributed by atoms with van der Waals surface area (Å²) in [7, 11) is 0. The largest absolute Gasteiger partial charge is 0.370 e. The van der Waals surface area contributed by atoms with E-state index in [1.807, 2.05) is 13.0 Å². The Balaban J connectivity index is 1.71. The van der Waals surface area contributed by atoms with E-state index in [0.717, 1.165) is 24.8 Å². The van der Waals surface area contributed by atoms with Crippen molar-refractivity contribution in [2.75, 3.05) is 0 Å². The van der Waals surface area contributed by atoms with Gasteiger partial charge in [0.25, 0.3) is 0 Å². The van der Waals surface area contributed by atoms with Gasteiger partial charge in [-0.1, -0.05) is 24.8 Å². The zero-order valence-electron chi connectivity index (χ0n) is 12.1. The molecule has 3 heteroatoms. The third kappa shape index (κ3) is 2.09. The molecule has 0 N–H and O–H groups in total. The van der Waals surface area contributed by atoms with Crippen LogP contribution in [0.2, 0.25) is 0 Å². The molecule has 0 aliphatic carbocycles. The van der Waals surface area contributed by atoms with Crippen molar-refractivity contribution in [2.24, 2.45) is 0 Å². The molecule has 1 aromatic rings. The minimum atomic E-state index is -0.260. The topological polar surface area (TPSA) is 18.5 Å². The number of rotatable bonds is 4. The monoisotopic (exact) mass is 276 g/mol. The van der Waals surface area contributed by atoms with E-state index in [1.54, 1.807) is 12.1 Å². The molecular weight excluding hydrogens is 255 g/mol. The summed E-state index contributed by atoms with van der Waals surface area (Å²) in [5, 5.41) is 0.